The number of hydrogen-bond donors (Lipinski definition) is 0. The van der Waals surface area contributed by atoms with Gasteiger partial charge in [0.15, 0.2) is 5.78 Å². The highest BCUT2D eigenvalue weighted by atomic mass is 79.9. The molecule has 0 heterocycles. The van der Waals surface area contributed by atoms with Gasteiger partial charge in [0.1, 0.15) is 0 Å². The number of ketones is 1. The summed E-state index contributed by atoms with van der Waals surface area (Å²) < 4.78 is 0.981. The predicted octanol–water partition coefficient (Wildman–Crippen LogP) is 4.93. The second-order valence-electron chi connectivity index (χ2n) is 4.38. The van der Waals surface area contributed by atoms with Crippen molar-refractivity contribution in [3.05, 3.63) is 69.2 Å². The molecule has 0 fully saturated rings. The molecule has 0 aliphatic heterocycles. The average Bonchev–Trinajstić information content (AvgIpc) is 2.39. The second kappa shape index (κ2) is 6.49. The van der Waals surface area contributed by atoms with Gasteiger partial charge in [-0.25, -0.2) is 0 Å². The molecule has 0 radical (unpaired) electrons. The Labute approximate surface area is 130 Å². The van der Waals surface area contributed by atoms with Crippen molar-refractivity contribution in [2.45, 2.75) is 13.3 Å². The summed E-state index contributed by atoms with van der Waals surface area (Å²) in [5, 5.41) is 0.858. The lowest BCUT2D eigenvalue weighted by Gasteiger charge is -2.11. The molecule has 0 N–H and O–H groups in total. The van der Waals surface area contributed by atoms with Crippen LogP contribution in [-0.4, -0.2) is 11.1 Å². The van der Waals surface area contributed by atoms with Crippen molar-refractivity contribution in [3.8, 4) is 0 Å². The fourth-order valence-corrected chi connectivity index (χ4v) is 2.80. The zero-order chi connectivity index (χ0) is 13.8. The molecule has 1 nitrogen and oxygen atoms in total. The van der Waals surface area contributed by atoms with Crippen LogP contribution < -0.4 is 0 Å². The zero-order valence-corrected chi connectivity index (χ0v) is 13.8. The predicted molar refractivity (Wildman–Crippen MR) is 86.3 cm³/mol. The summed E-state index contributed by atoms with van der Waals surface area (Å²) in [6, 6.07) is 13.5. The SMILES string of the molecule is Cc1cccc(CCBr)c1C(=O)c1ccc(Br)cc1. The minimum absolute atomic E-state index is 0.0987. The number of carbonyl (C=O) groups excluding carboxylic acids is 1. The molecule has 0 unspecified atom stereocenters. The molecule has 0 aliphatic carbocycles. The maximum atomic E-state index is 12.6. The van der Waals surface area contributed by atoms with Crippen LogP contribution in [0.4, 0.5) is 0 Å². The van der Waals surface area contributed by atoms with Crippen molar-refractivity contribution in [2.75, 3.05) is 5.33 Å². The number of rotatable bonds is 4. The molecule has 2 rings (SSSR count). The molecule has 3 heteroatoms. The van der Waals surface area contributed by atoms with E-state index in [1.54, 1.807) is 0 Å². The van der Waals surface area contributed by atoms with E-state index in [1.165, 1.54) is 0 Å². The monoisotopic (exact) mass is 380 g/mol. The summed E-state index contributed by atoms with van der Waals surface area (Å²) in [6.07, 6.45) is 0.860. The Morgan fingerprint density at radius 3 is 2.42 bits per heavy atom. The first-order chi connectivity index (χ1) is 9.13. The van der Waals surface area contributed by atoms with Gasteiger partial charge in [-0.15, -0.1) is 0 Å². The lowest BCUT2D eigenvalue weighted by Crippen LogP contribution is -2.08. The largest absolute Gasteiger partial charge is 0.289 e. The molecule has 0 amide bonds. The molecule has 2 aromatic carbocycles. The van der Waals surface area contributed by atoms with Gasteiger partial charge in [-0.1, -0.05) is 50.1 Å². The molecule has 0 saturated heterocycles. The Balaban J connectivity index is 2.46. The minimum Gasteiger partial charge on any atom is -0.289 e. The lowest BCUT2D eigenvalue weighted by molar-refractivity contribution is 0.103. The molecular formula is C16H14Br2O. The Bertz CT molecular complexity index is 588. The van der Waals surface area contributed by atoms with E-state index >= 15 is 0 Å². The van der Waals surface area contributed by atoms with Gasteiger partial charge in [0.2, 0.25) is 0 Å². The summed E-state index contributed by atoms with van der Waals surface area (Å²) >= 11 is 6.83. The number of hydrogen-bond acceptors (Lipinski definition) is 1. The summed E-state index contributed by atoms with van der Waals surface area (Å²) in [5.74, 6) is 0.0987. The average molecular weight is 382 g/mol. The van der Waals surface area contributed by atoms with Gasteiger partial charge in [-0.2, -0.15) is 0 Å². The van der Waals surface area contributed by atoms with E-state index in [-0.39, 0.29) is 5.78 Å². The standard InChI is InChI=1S/C16H14Br2O/c1-11-3-2-4-12(9-10-17)15(11)16(19)13-5-7-14(18)8-6-13/h2-8H,9-10H2,1H3. The molecule has 0 aromatic heterocycles. The number of aryl methyl sites for hydroxylation is 2. The number of benzene rings is 2. The van der Waals surface area contributed by atoms with Crippen LogP contribution in [0.25, 0.3) is 0 Å². The maximum absolute atomic E-state index is 12.6. The third-order valence-electron chi connectivity index (χ3n) is 3.06. The minimum atomic E-state index is 0.0987. The lowest BCUT2D eigenvalue weighted by atomic mass is 9.93. The molecule has 98 valence electrons. The van der Waals surface area contributed by atoms with Crippen molar-refractivity contribution in [1.82, 2.24) is 0 Å². The topological polar surface area (TPSA) is 17.1 Å². The van der Waals surface area contributed by atoms with Crippen LogP contribution >= 0.6 is 31.9 Å². The molecule has 0 aliphatic rings. The van der Waals surface area contributed by atoms with Crippen LogP contribution in [0.5, 0.6) is 0 Å². The Hall–Kier alpha value is -0.930. The number of halogens is 2. The molecule has 0 spiro atoms. The van der Waals surface area contributed by atoms with Gasteiger partial charge >= 0.3 is 0 Å². The summed E-state index contributed by atoms with van der Waals surface area (Å²) in [6.45, 7) is 1.99. The van der Waals surface area contributed by atoms with Crippen LogP contribution in [0, 0.1) is 6.92 Å². The highest BCUT2D eigenvalue weighted by molar-refractivity contribution is 9.10. The summed E-state index contributed by atoms with van der Waals surface area (Å²) in [5.41, 5.74) is 3.70. The zero-order valence-electron chi connectivity index (χ0n) is 10.6. The van der Waals surface area contributed by atoms with Crippen LogP contribution in [-0.2, 0) is 6.42 Å². The summed E-state index contributed by atoms with van der Waals surface area (Å²) in [4.78, 5) is 12.6. The fourth-order valence-electron chi connectivity index (χ4n) is 2.11. The maximum Gasteiger partial charge on any atom is 0.193 e. The molecule has 19 heavy (non-hydrogen) atoms. The molecule has 0 atom stereocenters. The van der Waals surface area contributed by atoms with E-state index in [1.807, 2.05) is 49.4 Å². The van der Waals surface area contributed by atoms with Crippen LogP contribution in [0.15, 0.2) is 46.9 Å². The van der Waals surface area contributed by atoms with E-state index < -0.39 is 0 Å². The van der Waals surface area contributed by atoms with Gasteiger partial charge < -0.3 is 0 Å². The Kier molecular flexibility index (Phi) is 4.94. The van der Waals surface area contributed by atoms with Crippen molar-refractivity contribution in [1.29, 1.82) is 0 Å². The molecular weight excluding hydrogens is 368 g/mol. The van der Waals surface area contributed by atoms with Crippen LogP contribution in [0.2, 0.25) is 0 Å². The van der Waals surface area contributed by atoms with Gasteiger partial charge in [0.25, 0.3) is 0 Å². The van der Waals surface area contributed by atoms with Gasteiger partial charge in [-0.05, 0) is 48.7 Å². The van der Waals surface area contributed by atoms with E-state index in [2.05, 4.69) is 31.9 Å². The van der Waals surface area contributed by atoms with Crippen LogP contribution in [0.3, 0.4) is 0 Å². The number of alkyl halides is 1. The number of carbonyl (C=O) groups is 1. The highest BCUT2D eigenvalue weighted by Crippen LogP contribution is 2.21. The fraction of sp³-hybridized carbons (Fsp3) is 0.188. The quantitative estimate of drug-likeness (QED) is 0.542. The van der Waals surface area contributed by atoms with E-state index in [0.717, 1.165) is 38.5 Å². The first-order valence-electron chi connectivity index (χ1n) is 6.08. The van der Waals surface area contributed by atoms with Crippen molar-refractivity contribution in [2.24, 2.45) is 0 Å². The Morgan fingerprint density at radius 2 is 1.79 bits per heavy atom. The van der Waals surface area contributed by atoms with E-state index in [0.29, 0.717) is 0 Å². The van der Waals surface area contributed by atoms with E-state index in [4.69, 9.17) is 0 Å². The smallest absolute Gasteiger partial charge is 0.193 e. The first-order valence-corrected chi connectivity index (χ1v) is 7.99. The molecule has 0 saturated carbocycles. The van der Waals surface area contributed by atoms with Crippen molar-refractivity contribution < 1.29 is 4.79 Å². The van der Waals surface area contributed by atoms with Crippen molar-refractivity contribution >= 4 is 37.6 Å². The van der Waals surface area contributed by atoms with Crippen molar-refractivity contribution in [3.63, 3.8) is 0 Å². The summed E-state index contributed by atoms with van der Waals surface area (Å²) in [7, 11) is 0. The van der Waals surface area contributed by atoms with Gasteiger partial charge in [-0.3, -0.25) is 4.79 Å². The van der Waals surface area contributed by atoms with Gasteiger partial charge in [0, 0.05) is 20.9 Å². The first kappa shape index (κ1) is 14.5. The third kappa shape index (κ3) is 3.34. The third-order valence-corrected chi connectivity index (χ3v) is 3.98. The molecule has 0 bridgehead atoms. The second-order valence-corrected chi connectivity index (χ2v) is 6.09. The Morgan fingerprint density at radius 1 is 1.11 bits per heavy atom. The van der Waals surface area contributed by atoms with E-state index in [9.17, 15) is 4.79 Å². The van der Waals surface area contributed by atoms with Crippen LogP contribution in [0.1, 0.15) is 27.0 Å². The van der Waals surface area contributed by atoms with Gasteiger partial charge in [0.05, 0.1) is 0 Å². The highest BCUT2D eigenvalue weighted by Gasteiger charge is 2.15. The molecule has 2 aromatic rings. The normalized spacial score (nSPS) is 10.5.